The number of fused-ring (bicyclic) bond motifs is 1. The topological polar surface area (TPSA) is 97.3 Å². The monoisotopic (exact) mass is 287 g/mol. The van der Waals surface area contributed by atoms with E-state index in [-0.39, 0.29) is 18.5 Å². The van der Waals surface area contributed by atoms with Crippen molar-refractivity contribution in [3.05, 3.63) is 35.9 Å². The van der Waals surface area contributed by atoms with Crippen molar-refractivity contribution in [2.24, 2.45) is 11.6 Å². The summed E-state index contributed by atoms with van der Waals surface area (Å²) in [6, 6.07) is 10.1. The Morgan fingerprint density at radius 3 is 2.71 bits per heavy atom. The van der Waals surface area contributed by atoms with Crippen molar-refractivity contribution in [2.75, 3.05) is 12.0 Å². The van der Waals surface area contributed by atoms with Crippen molar-refractivity contribution >= 4 is 22.6 Å². The average Bonchev–Trinajstić information content (AvgIpc) is 2.45. The van der Waals surface area contributed by atoms with Gasteiger partial charge in [-0.2, -0.15) is 0 Å². The number of benzene rings is 1. The average molecular weight is 287 g/mol. The van der Waals surface area contributed by atoms with E-state index in [1.807, 2.05) is 49.1 Å². The summed E-state index contributed by atoms with van der Waals surface area (Å²) in [5.41, 5.74) is 9.75. The first-order valence-corrected chi connectivity index (χ1v) is 6.89. The number of hydrogen-bond donors (Lipinski definition) is 3. The number of para-hydroxylation sites is 1. The fourth-order valence-electron chi connectivity index (χ4n) is 2.25. The molecule has 2 aromatic rings. The van der Waals surface area contributed by atoms with Gasteiger partial charge in [0.2, 0.25) is 5.91 Å². The molecule has 0 radical (unpaired) electrons. The third kappa shape index (κ3) is 3.68. The molecule has 0 aliphatic rings. The van der Waals surface area contributed by atoms with Gasteiger partial charge in [-0.3, -0.25) is 9.69 Å². The van der Waals surface area contributed by atoms with Gasteiger partial charge in [-0.25, -0.2) is 10.8 Å². The highest BCUT2D eigenvalue weighted by molar-refractivity contribution is 5.81. The number of nitrogens with zero attached hydrogens (tertiary/aromatic N) is 2. The van der Waals surface area contributed by atoms with Gasteiger partial charge in [0.1, 0.15) is 5.82 Å². The van der Waals surface area contributed by atoms with E-state index in [1.165, 1.54) is 0 Å². The lowest BCUT2D eigenvalue weighted by molar-refractivity contribution is -0.119. The summed E-state index contributed by atoms with van der Waals surface area (Å²) >= 11 is 0. The van der Waals surface area contributed by atoms with E-state index in [4.69, 9.17) is 11.6 Å². The number of aromatic nitrogens is 1. The number of amides is 1. The quantitative estimate of drug-likeness (QED) is 0.548. The molecule has 0 unspecified atom stereocenters. The molecule has 1 amide bonds. The number of rotatable bonds is 6. The summed E-state index contributed by atoms with van der Waals surface area (Å²) in [5, 5.41) is 1.04. The molecule has 21 heavy (non-hydrogen) atoms. The molecular weight excluding hydrogens is 266 g/mol. The van der Waals surface area contributed by atoms with Gasteiger partial charge in [0.15, 0.2) is 0 Å². The minimum Gasteiger partial charge on any atom is -0.369 e. The van der Waals surface area contributed by atoms with Crippen LogP contribution in [0.4, 0.5) is 5.82 Å². The van der Waals surface area contributed by atoms with Crippen LogP contribution < -0.4 is 17.0 Å². The minimum atomic E-state index is -0.347. The molecule has 6 heteroatoms. The number of carbonyl (C=O) groups excluding carboxylic acids is 1. The van der Waals surface area contributed by atoms with Crippen LogP contribution in [0.3, 0.4) is 0 Å². The van der Waals surface area contributed by atoms with Crippen molar-refractivity contribution in [3.8, 4) is 0 Å². The van der Waals surface area contributed by atoms with Gasteiger partial charge in [-0.15, -0.1) is 0 Å². The molecule has 0 saturated heterocycles. The molecule has 0 spiro atoms. The number of pyridine rings is 1. The Morgan fingerprint density at radius 2 is 2.10 bits per heavy atom. The summed E-state index contributed by atoms with van der Waals surface area (Å²) in [6.45, 7) is 4.80. The van der Waals surface area contributed by atoms with E-state index in [0.717, 1.165) is 16.5 Å². The zero-order chi connectivity index (χ0) is 15.4. The normalized spacial score (nSPS) is 11.3. The highest BCUT2D eigenvalue weighted by Crippen LogP contribution is 2.21. The summed E-state index contributed by atoms with van der Waals surface area (Å²) < 4.78 is 0. The van der Waals surface area contributed by atoms with Gasteiger partial charge in [-0.05, 0) is 26.0 Å². The first-order valence-electron chi connectivity index (χ1n) is 6.89. The van der Waals surface area contributed by atoms with E-state index in [2.05, 4.69) is 10.4 Å². The van der Waals surface area contributed by atoms with Crippen LogP contribution in [0.1, 0.15) is 19.4 Å². The van der Waals surface area contributed by atoms with E-state index < -0.39 is 0 Å². The third-order valence-electron chi connectivity index (χ3n) is 3.40. The number of nitrogens with two attached hydrogens (primary N) is 2. The van der Waals surface area contributed by atoms with Gasteiger partial charge in [-0.1, -0.05) is 18.2 Å². The zero-order valence-corrected chi connectivity index (χ0v) is 12.3. The molecule has 6 nitrogen and oxygen atoms in total. The van der Waals surface area contributed by atoms with Gasteiger partial charge in [0.05, 0.1) is 12.1 Å². The smallest absolute Gasteiger partial charge is 0.231 e. The van der Waals surface area contributed by atoms with Crippen LogP contribution in [-0.4, -0.2) is 28.4 Å². The maximum Gasteiger partial charge on any atom is 0.231 e. The first kappa shape index (κ1) is 15.2. The summed E-state index contributed by atoms with van der Waals surface area (Å²) in [5.74, 6) is 5.84. The SMILES string of the molecule is CC(C)N(CC(N)=O)Cc1cc2ccccc2nc1NN. The van der Waals surface area contributed by atoms with Crippen LogP contribution in [0.15, 0.2) is 30.3 Å². The van der Waals surface area contributed by atoms with Crippen molar-refractivity contribution in [3.63, 3.8) is 0 Å². The lowest BCUT2D eigenvalue weighted by atomic mass is 10.1. The fourth-order valence-corrected chi connectivity index (χ4v) is 2.25. The van der Waals surface area contributed by atoms with Crippen LogP contribution in [0.5, 0.6) is 0 Å². The second kappa shape index (κ2) is 6.51. The molecule has 1 aromatic carbocycles. The zero-order valence-electron chi connectivity index (χ0n) is 12.3. The Hall–Kier alpha value is -2.18. The van der Waals surface area contributed by atoms with Gasteiger partial charge in [0, 0.05) is 23.5 Å². The van der Waals surface area contributed by atoms with Crippen LogP contribution in [0.25, 0.3) is 10.9 Å². The maximum absolute atomic E-state index is 11.2. The van der Waals surface area contributed by atoms with Crippen molar-refractivity contribution in [1.82, 2.24) is 9.88 Å². The number of nitrogen functional groups attached to an aromatic ring is 1. The molecule has 0 saturated carbocycles. The van der Waals surface area contributed by atoms with Crippen molar-refractivity contribution < 1.29 is 4.79 Å². The third-order valence-corrected chi connectivity index (χ3v) is 3.40. The molecule has 2 rings (SSSR count). The summed E-state index contributed by atoms with van der Waals surface area (Å²) in [4.78, 5) is 17.7. The molecule has 5 N–H and O–H groups in total. The molecule has 0 bridgehead atoms. The Morgan fingerprint density at radius 1 is 1.38 bits per heavy atom. The summed E-state index contributed by atoms with van der Waals surface area (Å²) in [6.07, 6.45) is 0. The van der Waals surface area contributed by atoms with Crippen molar-refractivity contribution in [2.45, 2.75) is 26.4 Å². The van der Waals surface area contributed by atoms with Gasteiger partial charge >= 0.3 is 0 Å². The van der Waals surface area contributed by atoms with E-state index >= 15 is 0 Å². The largest absolute Gasteiger partial charge is 0.369 e. The van der Waals surface area contributed by atoms with E-state index in [0.29, 0.717) is 12.4 Å². The Kier molecular flexibility index (Phi) is 4.72. The van der Waals surface area contributed by atoms with E-state index in [9.17, 15) is 4.79 Å². The second-order valence-corrected chi connectivity index (χ2v) is 5.30. The minimum absolute atomic E-state index is 0.189. The van der Waals surface area contributed by atoms with Crippen LogP contribution in [0.2, 0.25) is 0 Å². The predicted octanol–water partition coefficient (Wildman–Crippen LogP) is 1.22. The second-order valence-electron chi connectivity index (χ2n) is 5.30. The maximum atomic E-state index is 11.2. The number of anilines is 1. The van der Waals surface area contributed by atoms with Crippen LogP contribution >= 0.6 is 0 Å². The molecule has 112 valence electrons. The molecule has 0 aliphatic heterocycles. The highest BCUT2D eigenvalue weighted by atomic mass is 16.1. The van der Waals surface area contributed by atoms with Gasteiger partial charge in [0.25, 0.3) is 0 Å². The molecular formula is C15H21N5O. The Labute approximate surface area is 124 Å². The number of hydrazine groups is 1. The lowest BCUT2D eigenvalue weighted by Crippen LogP contribution is -2.38. The number of carbonyl (C=O) groups is 1. The molecule has 0 aliphatic carbocycles. The molecule has 0 fully saturated rings. The fraction of sp³-hybridized carbons (Fsp3) is 0.333. The van der Waals surface area contributed by atoms with Crippen LogP contribution in [-0.2, 0) is 11.3 Å². The molecule has 0 atom stereocenters. The first-order chi connectivity index (χ1) is 10.0. The molecule has 1 heterocycles. The summed E-state index contributed by atoms with van der Waals surface area (Å²) in [7, 11) is 0. The molecule has 1 aromatic heterocycles. The lowest BCUT2D eigenvalue weighted by Gasteiger charge is -2.25. The van der Waals surface area contributed by atoms with E-state index in [1.54, 1.807) is 0 Å². The highest BCUT2D eigenvalue weighted by Gasteiger charge is 2.15. The van der Waals surface area contributed by atoms with Gasteiger partial charge < -0.3 is 11.2 Å². The number of hydrogen-bond acceptors (Lipinski definition) is 5. The van der Waals surface area contributed by atoms with Crippen molar-refractivity contribution in [1.29, 1.82) is 0 Å². The Balaban J connectivity index is 2.36. The standard InChI is InChI=1S/C15H21N5O/c1-10(2)20(9-14(16)21)8-12-7-11-5-3-4-6-13(11)18-15(12)19-17/h3-7,10H,8-9,17H2,1-2H3,(H2,16,21)(H,18,19). The Bertz CT molecular complexity index is 641. The number of nitrogens with one attached hydrogen (secondary N) is 1. The number of primary amides is 1. The predicted molar refractivity (Wildman–Crippen MR) is 84.3 cm³/mol. The van der Waals surface area contributed by atoms with Crippen LogP contribution in [0, 0.1) is 0 Å².